The molecule has 0 aliphatic carbocycles. The lowest BCUT2D eigenvalue weighted by atomic mass is 10.2. The van der Waals surface area contributed by atoms with E-state index in [0.717, 1.165) is 0 Å². The topological polar surface area (TPSA) is 123 Å². The van der Waals surface area contributed by atoms with E-state index in [1.54, 1.807) is 30.3 Å². The Hall–Kier alpha value is -3.40. The molecule has 2 aromatic carbocycles. The van der Waals surface area contributed by atoms with Crippen LogP contribution in [0.4, 0.5) is 0 Å². The quantitative estimate of drug-likeness (QED) is 0.472. The summed E-state index contributed by atoms with van der Waals surface area (Å²) in [4.78, 5) is 28.1. The van der Waals surface area contributed by atoms with E-state index in [9.17, 15) is 18.0 Å². The van der Waals surface area contributed by atoms with E-state index in [2.05, 4.69) is 15.0 Å². The van der Waals surface area contributed by atoms with E-state index in [1.165, 1.54) is 13.0 Å². The lowest BCUT2D eigenvalue weighted by molar-refractivity contribution is -0.149. The number of benzene rings is 2. The first kappa shape index (κ1) is 21.3. The minimum atomic E-state index is -3.69. The summed E-state index contributed by atoms with van der Waals surface area (Å²) in [5.74, 6) is -0.471. The van der Waals surface area contributed by atoms with Gasteiger partial charge in [-0.3, -0.25) is 14.5 Å². The molecule has 1 aliphatic heterocycles. The average Bonchev–Trinajstić information content (AvgIpc) is 3.00. The Morgan fingerprint density at radius 3 is 2.57 bits per heavy atom. The molecular weight excluding hydrogens is 410 g/mol. The van der Waals surface area contributed by atoms with Crippen LogP contribution in [0.15, 0.2) is 64.5 Å². The normalized spacial score (nSPS) is 16.2. The predicted octanol–water partition coefficient (Wildman–Crippen LogP) is 0.852. The van der Waals surface area contributed by atoms with Gasteiger partial charge >= 0.3 is 5.97 Å². The van der Waals surface area contributed by atoms with Gasteiger partial charge in [0.1, 0.15) is 24.2 Å². The highest BCUT2D eigenvalue weighted by Crippen LogP contribution is 2.22. The Morgan fingerprint density at radius 2 is 1.80 bits per heavy atom. The fourth-order valence-electron chi connectivity index (χ4n) is 2.66. The van der Waals surface area contributed by atoms with Crippen molar-refractivity contribution in [3.8, 4) is 5.75 Å². The van der Waals surface area contributed by atoms with Gasteiger partial charge in [0.2, 0.25) is 0 Å². The van der Waals surface area contributed by atoms with Gasteiger partial charge in [-0.15, -0.1) is 0 Å². The smallest absolute Gasteiger partial charge is 0.331 e. The molecule has 0 saturated heterocycles. The van der Waals surface area contributed by atoms with E-state index < -0.39 is 34.5 Å². The average molecular weight is 431 g/mol. The van der Waals surface area contributed by atoms with Crippen LogP contribution >= 0.6 is 0 Å². The van der Waals surface area contributed by atoms with Crippen LogP contribution in [-0.2, 0) is 24.3 Å². The maximum Gasteiger partial charge on any atom is 0.331 e. The van der Waals surface area contributed by atoms with Gasteiger partial charge in [0.25, 0.3) is 15.9 Å². The van der Waals surface area contributed by atoms with E-state index in [-0.39, 0.29) is 23.9 Å². The van der Waals surface area contributed by atoms with Gasteiger partial charge < -0.3 is 14.8 Å². The number of ether oxygens (including phenoxy) is 2. The number of hydrogen-bond acceptors (Lipinski definition) is 7. The van der Waals surface area contributed by atoms with Crippen LogP contribution in [0.5, 0.6) is 5.75 Å². The zero-order chi connectivity index (χ0) is 21.6. The van der Waals surface area contributed by atoms with Crippen LogP contribution in [-0.4, -0.2) is 51.9 Å². The van der Waals surface area contributed by atoms with Gasteiger partial charge in [0, 0.05) is 5.56 Å². The molecule has 2 N–H and O–H groups in total. The third kappa shape index (κ3) is 5.35. The summed E-state index contributed by atoms with van der Waals surface area (Å²) in [6.07, 6.45) is 0. The number of para-hydroxylation sites is 1. The highest BCUT2D eigenvalue weighted by atomic mass is 32.2. The molecule has 10 heteroatoms. The third-order valence-electron chi connectivity index (χ3n) is 4.11. The number of amidine groups is 1. The van der Waals surface area contributed by atoms with Crippen LogP contribution < -0.4 is 14.8 Å². The first-order valence-electron chi connectivity index (χ1n) is 9.18. The van der Waals surface area contributed by atoms with Gasteiger partial charge in [0.05, 0.1) is 11.4 Å². The number of carbonyl (C=O) groups excluding carboxylic acids is 2. The molecule has 1 amide bonds. The Bertz CT molecular complexity index is 1050. The van der Waals surface area contributed by atoms with Gasteiger partial charge in [-0.05, 0) is 31.2 Å². The van der Waals surface area contributed by atoms with E-state index in [4.69, 9.17) is 9.47 Å². The zero-order valence-corrected chi connectivity index (χ0v) is 17.0. The SMILES string of the molecule is CC(N=C1NS(=O)(=O)c2ccccc21)C(=O)OCC(=O)NCCOc1ccccc1. The molecule has 1 heterocycles. The molecule has 0 fully saturated rings. The monoisotopic (exact) mass is 431 g/mol. The van der Waals surface area contributed by atoms with Crippen LogP contribution in [0.3, 0.4) is 0 Å². The number of carbonyl (C=O) groups is 2. The van der Waals surface area contributed by atoms with Crippen molar-refractivity contribution in [2.75, 3.05) is 19.8 Å². The number of aliphatic imine (C=N–C) groups is 1. The molecule has 0 bridgehead atoms. The Kier molecular flexibility index (Phi) is 6.68. The molecule has 1 aliphatic rings. The molecule has 0 aromatic heterocycles. The molecule has 9 nitrogen and oxygen atoms in total. The summed E-state index contributed by atoms with van der Waals surface area (Å²) in [6.45, 7) is 1.51. The molecule has 2 aromatic rings. The van der Waals surface area contributed by atoms with Crippen LogP contribution in [0.25, 0.3) is 0 Å². The lowest BCUT2D eigenvalue weighted by Gasteiger charge is -2.10. The second-order valence-electron chi connectivity index (χ2n) is 6.37. The van der Waals surface area contributed by atoms with Crippen molar-refractivity contribution >= 4 is 27.7 Å². The van der Waals surface area contributed by atoms with Gasteiger partial charge in [-0.2, -0.15) is 0 Å². The molecular formula is C20H21N3O6S. The molecule has 158 valence electrons. The maximum absolute atomic E-state index is 12.1. The molecule has 1 atom stereocenters. The second-order valence-corrected chi connectivity index (χ2v) is 8.03. The lowest BCUT2D eigenvalue weighted by Crippen LogP contribution is -2.33. The number of fused-ring (bicyclic) bond motifs is 1. The summed E-state index contributed by atoms with van der Waals surface area (Å²) < 4.78 is 36.9. The molecule has 30 heavy (non-hydrogen) atoms. The molecule has 0 radical (unpaired) electrons. The van der Waals surface area contributed by atoms with Gasteiger partial charge in [0.15, 0.2) is 6.61 Å². The summed E-state index contributed by atoms with van der Waals surface area (Å²) >= 11 is 0. The number of nitrogens with one attached hydrogen (secondary N) is 2. The number of rotatable bonds is 8. The summed E-state index contributed by atoms with van der Waals surface area (Å²) in [6, 6.07) is 14.5. The first-order chi connectivity index (χ1) is 14.4. The molecule has 3 rings (SSSR count). The highest BCUT2D eigenvalue weighted by molar-refractivity contribution is 7.90. The number of esters is 1. The second kappa shape index (κ2) is 9.40. The Morgan fingerprint density at radius 1 is 1.10 bits per heavy atom. The third-order valence-corrected chi connectivity index (χ3v) is 5.51. The van der Waals surface area contributed by atoms with E-state index in [1.807, 2.05) is 18.2 Å². The van der Waals surface area contributed by atoms with Crippen molar-refractivity contribution in [3.63, 3.8) is 0 Å². The Labute approximate surface area is 174 Å². The van der Waals surface area contributed by atoms with Gasteiger partial charge in [-0.25, -0.2) is 13.2 Å². The standard InChI is InChI=1S/C20H21N3O6S/c1-14(22-19-16-9-5-6-10-17(16)30(26,27)23-19)20(25)29-13-18(24)21-11-12-28-15-7-3-2-4-8-15/h2-10,14H,11-13H2,1H3,(H,21,24)(H,22,23). The number of nitrogens with zero attached hydrogens (tertiary/aromatic N) is 1. The minimum absolute atomic E-state index is 0.0672. The van der Waals surface area contributed by atoms with Crippen molar-refractivity contribution < 1.29 is 27.5 Å². The van der Waals surface area contributed by atoms with Crippen molar-refractivity contribution in [1.82, 2.24) is 10.0 Å². The van der Waals surface area contributed by atoms with Crippen LogP contribution in [0.2, 0.25) is 0 Å². The number of sulfonamides is 1. The molecule has 0 spiro atoms. The van der Waals surface area contributed by atoms with E-state index in [0.29, 0.717) is 11.3 Å². The summed E-state index contributed by atoms with van der Waals surface area (Å²) in [5, 5.41) is 2.58. The van der Waals surface area contributed by atoms with Crippen LogP contribution in [0, 0.1) is 0 Å². The number of amides is 1. The van der Waals surface area contributed by atoms with Crippen molar-refractivity contribution in [1.29, 1.82) is 0 Å². The summed E-state index contributed by atoms with van der Waals surface area (Å²) in [5.41, 5.74) is 0.383. The predicted molar refractivity (Wildman–Crippen MR) is 109 cm³/mol. The fourth-order valence-corrected chi connectivity index (χ4v) is 3.90. The molecule has 0 saturated carbocycles. The van der Waals surface area contributed by atoms with Crippen molar-refractivity contribution in [3.05, 3.63) is 60.2 Å². The fraction of sp³-hybridized carbons (Fsp3) is 0.250. The van der Waals surface area contributed by atoms with Gasteiger partial charge in [-0.1, -0.05) is 30.3 Å². The van der Waals surface area contributed by atoms with Crippen LogP contribution in [0.1, 0.15) is 12.5 Å². The van der Waals surface area contributed by atoms with Crippen molar-refractivity contribution in [2.45, 2.75) is 17.9 Å². The number of hydrogen-bond donors (Lipinski definition) is 2. The zero-order valence-electron chi connectivity index (χ0n) is 16.2. The largest absolute Gasteiger partial charge is 0.492 e. The minimum Gasteiger partial charge on any atom is -0.492 e. The first-order valence-corrected chi connectivity index (χ1v) is 10.7. The maximum atomic E-state index is 12.1. The Balaban J connectivity index is 1.45. The van der Waals surface area contributed by atoms with E-state index >= 15 is 0 Å². The molecule has 1 unspecified atom stereocenters. The van der Waals surface area contributed by atoms with Crippen molar-refractivity contribution in [2.24, 2.45) is 4.99 Å². The highest BCUT2D eigenvalue weighted by Gasteiger charge is 2.31. The summed E-state index contributed by atoms with van der Waals surface area (Å²) in [7, 11) is -3.69.